The normalized spacial score (nSPS) is 10.9. The van der Waals surface area contributed by atoms with Crippen LogP contribution >= 0.6 is 34.7 Å². The number of aryl methyl sites for hydroxylation is 2. The third-order valence-electron chi connectivity index (χ3n) is 4.62. The molecule has 1 amide bonds. The lowest BCUT2D eigenvalue weighted by atomic mass is 10.2. The SMILES string of the molecule is CCc1nnc(NC(=O)CSc2nnc(CNc3cccc(Cl)c3)n2-c2ccc(C)cc2)s1. The minimum Gasteiger partial charge on any atom is -0.378 e. The van der Waals surface area contributed by atoms with E-state index < -0.39 is 0 Å². The summed E-state index contributed by atoms with van der Waals surface area (Å²) >= 11 is 8.78. The van der Waals surface area contributed by atoms with Crippen LogP contribution in [0.25, 0.3) is 5.69 Å². The zero-order valence-corrected chi connectivity index (χ0v) is 20.5. The minimum atomic E-state index is -0.170. The molecule has 4 aromatic rings. The molecule has 0 radical (unpaired) electrons. The van der Waals surface area contributed by atoms with Gasteiger partial charge in [0.1, 0.15) is 5.01 Å². The van der Waals surface area contributed by atoms with E-state index in [4.69, 9.17) is 11.6 Å². The molecule has 0 saturated carbocycles. The lowest BCUT2D eigenvalue weighted by Gasteiger charge is -2.12. The first kappa shape index (κ1) is 23.2. The van der Waals surface area contributed by atoms with Crippen LogP contribution in [0.1, 0.15) is 23.3 Å². The van der Waals surface area contributed by atoms with Crippen molar-refractivity contribution in [3.05, 3.63) is 69.9 Å². The predicted octanol–water partition coefficient (Wildman–Crippen LogP) is 4.99. The molecule has 0 unspecified atom stereocenters. The molecule has 0 aliphatic carbocycles. The minimum absolute atomic E-state index is 0.170. The van der Waals surface area contributed by atoms with Gasteiger partial charge >= 0.3 is 0 Å². The van der Waals surface area contributed by atoms with Gasteiger partial charge in [0, 0.05) is 16.4 Å². The summed E-state index contributed by atoms with van der Waals surface area (Å²) in [5, 5.41) is 25.5. The summed E-state index contributed by atoms with van der Waals surface area (Å²) in [6.45, 7) is 4.48. The van der Waals surface area contributed by atoms with Crippen molar-refractivity contribution in [1.29, 1.82) is 0 Å². The molecule has 2 aromatic heterocycles. The van der Waals surface area contributed by atoms with Gasteiger partial charge < -0.3 is 5.32 Å². The van der Waals surface area contributed by atoms with Crippen molar-refractivity contribution in [2.75, 3.05) is 16.4 Å². The number of aromatic nitrogens is 5. The Bertz CT molecular complexity index is 1240. The van der Waals surface area contributed by atoms with Crippen molar-refractivity contribution in [2.45, 2.75) is 32.0 Å². The lowest BCUT2D eigenvalue weighted by Crippen LogP contribution is -2.14. The van der Waals surface area contributed by atoms with Gasteiger partial charge in [-0.05, 0) is 43.7 Å². The zero-order chi connectivity index (χ0) is 23.2. The number of hydrogen-bond donors (Lipinski definition) is 2. The highest BCUT2D eigenvalue weighted by Crippen LogP contribution is 2.24. The highest BCUT2D eigenvalue weighted by atomic mass is 35.5. The number of nitrogens with one attached hydrogen (secondary N) is 2. The van der Waals surface area contributed by atoms with Crippen molar-refractivity contribution in [1.82, 2.24) is 25.0 Å². The van der Waals surface area contributed by atoms with Crippen LogP contribution in [-0.2, 0) is 17.8 Å². The van der Waals surface area contributed by atoms with Gasteiger partial charge in [-0.25, -0.2) is 0 Å². The van der Waals surface area contributed by atoms with Crippen LogP contribution < -0.4 is 10.6 Å². The molecule has 4 rings (SSSR count). The number of hydrogen-bond acceptors (Lipinski definition) is 8. The van der Waals surface area contributed by atoms with Crippen molar-refractivity contribution >= 4 is 51.4 Å². The topological polar surface area (TPSA) is 97.6 Å². The van der Waals surface area contributed by atoms with Gasteiger partial charge in [-0.1, -0.05) is 65.4 Å². The Balaban J connectivity index is 1.50. The highest BCUT2D eigenvalue weighted by Gasteiger charge is 2.17. The van der Waals surface area contributed by atoms with E-state index in [0.29, 0.717) is 21.9 Å². The van der Waals surface area contributed by atoms with Crippen LogP contribution in [0.5, 0.6) is 0 Å². The van der Waals surface area contributed by atoms with E-state index in [-0.39, 0.29) is 11.7 Å². The number of rotatable bonds is 9. The Morgan fingerprint density at radius 3 is 2.67 bits per heavy atom. The quantitative estimate of drug-likeness (QED) is 0.313. The average Bonchev–Trinajstić information content (AvgIpc) is 3.43. The first-order valence-electron chi connectivity index (χ1n) is 10.3. The fourth-order valence-electron chi connectivity index (χ4n) is 2.97. The number of nitrogens with zero attached hydrogens (tertiary/aromatic N) is 5. The Morgan fingerprint density at radius 1 is 1.12 bits per heavy atom. The smallest absolute Gasteiger partial charge is 0.236 e. The molecule has 0 saturated heterocycles. The van der Waals surface area contributed by atoms with Crippen molar-refractivity contribution in [3.63, 3.8) is 0 Å². The van der Waals surface area contributed by atoms with Gasteiger partial charge in [0.05, 0.1) is 12.3 Å². The molecule has 11 heteroatoms. The molecule has 0 aliphatic rings. The lowest BCUT2D eigenvalue weighted by molar-refractivity contribution is -0.113. The van der Waals surface area contributed by atoms with E-state index in [1.54, 1.807) is 0 Å². The van der Waals surface area contributed by atoms with Crippen LogP contribution in [0, 0.1) is 6.92 Å². The third kappa shape index (κ3) is 6.10. The molecule has 170 valence electrons. The van der Waals surface area contributed by atoms with Gasteiger partial charge in [0.2, 0.25) is 11.0 Å². The molecule has 0 spiro atoms. The largest absolute Gasteiger partial charge is 0.378 e. The van der Waals surface area contributed by atoms with Gasteiger partial charge in [-0.3, -0.25) is 14.7 Å². The maximum Gasteiger partial charge on any atom is 0.236 e. The summed E-state index contributed by atoms with van der Waals surface area (Å²) in [7, 11) is 0. The average molecular weight is 500 g/mol. The molecule has 2 N–H and O–H groups in total. The zero-order valence-electron chi connectivity index (χ0n) is 18.1. The standard InChI is InChI=1S/C22H22ClN7OS2/c1-3-20-27-28-21(33-20)25-19(31)13-32-22-29-26-18(12-24-16-6-4-5-15(23)11-16)30(22)17-9-7-14(2)8-10-17/h4-11,24H,3,12-13H2,1-2H3,(H,25,28,31). The monoisotopic (exact) mass is 499 g/mol. The number of benzene rings is 2. The maximum atomic E-state index is 12.4. The van der Waals surface area contributed by atoms with E-state index in [1.165, 1.54) is 23.1 Å². The maximum absolute atomic E-state index is 12.4. The van der Waals surface area contributed by atoms with Crippen molar-refractivity contribution < 1.29 is 4.79 Å². The van der Waals surface area contributed by atoms with E-state index in [2.05, 4.69) is 31.0 Å². The molecule has 8 nitrogen and oxygen atoms in total. The Labute approximate surface area is 204 Å². The fraction of sp³-hybridized carbons (Fsp3) is 0.227. The van der Waals surface area contributed by atoms with E-state index in [9.17, 15) is 4.79 Å². The fourth-order valence-corrected chi connectivity index (χ4v) is 4.63. The van der Waals surface area contributed by atoms with E-state index >= 15 is 0 Å². The number of carbonyl (C=O) groups is 1. The molecule has 0 atom stereocenters. The summed E-state index contributed by atoms with van der Waals surface area (Å²) in [6.07, 6.45) is 0.786. The second-order valence-corrected chi connectivity index (χ2v) is 9.57. The van der Waals surface area contributed by atoms with Crippen LogP contribution in [0.15, 0.2) is 53.7 Å². The molecule has 2 aromatic carbocycles. The molecule has 0 aliphatic heterocycles. The van der Waals surface area contributed by atoms with Crippen molar-refractivity contribution in [2.24, 2.45) is 0 Å². The van der Waals surface area contributed by atoms with Gasteiger partial charge in [0.25, 0.3) is 0 Å². The van der Waals surface area contributed by atoms with Gasteiger partial charge in [0.15, 0.2) is 11.0 Å². The summed E-state index contributed by atoms with van der Waals surface area (Å²) in [5.74, 6) is 0.724. The molecule has 33 heavy (non-hydrogen) atoms. The molecule has 0 bridgehead atoms. The molecular formula is C22H22ClN7OS2. The molecule has 2 heterocycles. The second kappa shape index (κ2) is 10.8. The van der Waals surface area contributed by atoms with Crippen LogP contribution in [0.3, 0.4) is 0 Å². The summed E-state index contributed by atoms with van der Waals surface area (Å²) in [4.78, 5) is 12.4. The van der Waals surface area contributed by atoms with E-state index in [1.807, 2.05) is 66.9 Å². The number of thioether (sulfide) groups is 1. The number of amides is 1. The Morgan fingerprint density at radius 2 is 1.94 bits per heavy atom. The first-order valence-corrected chi connectivity index (χ1v) is 12.5. The number of halogens is 1. The highest BCUT2D eigenvalue weighted by molar-refractivity contribution is 7.99. The predicted molar refractivity (Wildman–Crippen MR) is 134 cm³/mol. The summed E-state index contributed by atoms with van der Waals surface area (Å²) < 4.78 is 1.95. The second-order valence-electron chi connectivity index (χ2n) is 7.13. The first-order chi connectivity index (χ1) is 16.0. The number of anilines is 2. The van der Waals surface area contributed by atoms with E-state index in [0.717, 1.165) is 34.2 Å². The Hall–Kier alpha value is -2.95. The van der Waals surface area contributed by atoms with Crippen LogP contribution in [-0.4, -0.2) is 36.6 Å². The Kier molecular flexibility index (Phi) is 7.58. The van der Waals surface area contributed by atoms with Gasteiger partial charge in [-0.15, -0.1) is 20.4 Å². The van der Waals surface area contributed by atoms with Crippen molar-refractivity contribution in [3.8, 4) is 5.69 Å². The summed E-state index contributed by atoms with van der Waals surface area (Å²) in [6, 6.07) is 15.6. The van der Waals surface area contributed by atoms with Crippen LogP contribution in [0.4, 0.5) is 10.8 Å². The molecule has 0 fully saturated rings. The van der Waals surface area contributed by atoms with Crippen LogP contribution in [0.2, 0.25) is 5.02 Å². The van der Waals surface area contributed by atoms with Gasteiger partial charge in [-0.2, -0.15) is 0 Å². The number of carbonyl (C=O) groups excluding carboxylic acids is 1. The summed E-state index contributed by atoms with van der Waals surface area (Å²) in [5.41, 5.74) is 2.97. The third-order valence-corrected chi connectivity index (χ3v) is 6.76. The molecular weight excluding hydrogens is 478 g/mol.